The summed E-state index contributed by atoms with van der Waals surface area (Å²) in [5, 5.41) is 1.12. The van der Waals surface area contributed by atoms with Crippen LogP contribution in [0.3, 0.4) is 0 Å². The van der Waals surface area contributed by atoms with Gasteiger partial charge in [0.15, 0.2) is 11.6 Å². The maximum atomic E-state index is 14.6. The van der Waals surface area contributed by atoms with Crippen molar-refractivity contribution >= 4 is 10.8 Å². The fourth-order valence-electron chi connectivity index (χ4n) is 3.00. The molecule has 0 unspecified atom stereocenters. The summed E-state index contributed by atoms with van der Waals surface area (Å²) in [5.74, 6) is -0.485. The highest BCUT2D eigenvalue weighted by atomic mass is 19.3. The SMILES string of the molecule is C/C=C/COc1cc2ccc(OC(F)(F)c3ccc(CCC)cc3)cc2cc1F. The van der Waals surface area contributed by atoms with Gasteiger partial charge in [-0.2, -0.15) is 8.78 Å². The van der Waals surface area contributed by atoms with Crippen LogP contribution in [0.4, 0.5) is 13.2 Å². The Morgan fingerprint density at radius 2 is 1.72 bits per heavy atom. The molecule has 0 aliphatic carbocycles. The largest absolute Gasteiger partial charge is 0.486 e. The molecule has 5 heteroatoms. The van der Waals surface area contributed by atoms with Gasteiger partial charge >= 0.3 is 6.11 Å². The minimum absolute atomic E-state index is 0.0397. The zero-order chi connectivity index (χ0) is 20.9. The Labute approximate surface area is 168 Å². The third kappa shape index (κ3) is 5.11. The topological polar surface area (TPSA) is 18.5 Å². The lowest BCUT2D eigenvalue weighted by molar-refractivity contribution is -0.185. The summed E-state index contributed by atoms with van der Waals surface area (Å²) in [5.41, 5.74) is 0.775. The van der Waals surface area contributed by atoms with Crippen molar-refractivity contribution in [3.63, 3.8) is 0 Å². The molecule has 0 radical (unpaired) electrons. The molecule has 0 aliphatic heterocycles. The molecule has 0 N–H and O–H groups in total. The van der Waals surface area contributed by atoms with Gasteiger partial charge in [-0.25, -0.2) is 4.39 Å². The van der Waals surface area contributed by atoms with Gasteiger partial charge in [-0.1, -0.05) is 43.7 Å². The maximum absolute atomic E-state index is 14.6. The number of hydrogen-bond donors (Lipinski definition) is 0. The van der Waals surface area contributed by atoms with Gasteiger partial charge in [0.1, 0.15) is 12.4 Å². The first-order valence-corrected chi connectivity index (χ1v) is 9.56. The van der Waals surface area contributed by atoms with Crippen LogP contribution in [0.25, 0.3) is 10.8 Å². The van der Waals surface area contributed by atoms with Crippen molar-refractivity contribution in [1.29, 1.82) is 0 Å². The van der Waals surface area contributed by atoms with Gasteiger partial charge in [0.2, 0.25) is 0 Å². The molecule has 0 heterocycles. The van der Waals surface area contributed by atoms with Gasteiger partial charge in [0, 0.05) is 0 Å². The summed E-state index contributed by atoms with van der Waals surface area (Å²) >= 11 is 0. The molecule has 2 nitrogen and oxygen atoms in total. The van der Waals surface area contributed by atoms with Crippen LogP contribution in [-0.4, -0.2) is 6.61 Å². The minimum atomic E-state index is -3.49. The smallest absolute Gasteiger partial charge is 0.426 e. The van der Waals surface area contributed by atoms with Crippen molar-refractivity contribution in [2.75, 3.05) is 6.61 Å². The number of fused-ring (bicyclic) bond motifs is 1. The van der Waals surface area contributed by atoms with Crippen LogP contribution in [-0.2, 0) is 12.5 Å². The third-order valence-corrected chi connectivity index (χ3v) is 4.51. The first kappa shape index (κ1) is 20.8. The Hall–Kier alpha value is -2.95. The standard InChI is InChI=1S/C24H23F3O2/c1-3-5-13-28-23-16-18-9-12-21(14-19(18)15-22(23)25)29-24(26,27)20-10-7-17(6-4-2)8-11-20/h3,5,7-12,14-16H,4,6,13H2,1-2H3/b5-3+. The van der Waals surface area contributed by atoms with Gasteiger partial charge in [-0.3, -0.25) is 0 Å². The van der Waals surface area contributed by atoms with E-state index >= 15 is 0 Å². The Balaban J connectivity index is 1.81. The lowest BCUT2D eigenvalue weighted by Gasteiger charge is -2.19. The first-order valence-electron chi connectivity index (χ1n) is 9.56. The summed E-state index contributed by atoms with van der Waals surface area (Å²) in [7, 11) is 0. The molecule has 152 valence electrons. The highest BCUT2D eigenvalue weighted by molar-refractivity contribution is 5.85. The predicted octanol–water partition coefficient (Wildman–Crippen LogP) is 7.01. The van der Waals surface area contributed by atoms with Crippen molar-refractivity contribution in [2.45, 2.75) is 32.8 Å². The fraction of sp³-hybridized carbons (Fsp3) is 0.250. The van der Waals surface area contributed by atoms with Crippen LogP contribution < -0.4 is 9.47 Å². The molecular weight excluding hydrogens is 377 g/mol. The number of aryl methyl sites for hydroxylation is 1. The van der Waals surface area contributed by atoms with Crippen LogP contribution in [0.5, 0.6) is 11.5 Å². The molecule has 3 aromatic rings. The molecule has 0 amide bonds. The molecule has 0 spiro atoms. The number of hydrogen-bond acceptors (Lipinski definition) is 2. The van der Waals surface area contributed by atoms with Crippen LogP contribution in [0.15, 0.2) is 66.7 Å². The molecule has 0 aliphatic rings. The molecular formula is C24H23F3O2. The van der Waals surface area contributed by atoms with Crippen LogP contribution in [0.2, 0.25) is 0 Å². The van der Waals surface area contributed by atoms with E-state index in [1.165, 1.54) is 30.3 Å². The second kappa shape index (κ2) is 9.03. The first-order chi connectivity index (χ1) is 13.9. The molecule has 0 saturated heterocycles. The lowest BCUT2D eigenvalue weighted by Crippen LogP contribution is -2.21. The van der Waals surface area contributed by atoms with Crippen LogP contribution in [0.1, 0.15) is 31.4 Å². The van der Waals surface area contributed by atoms with Crippen molar-refractivity contribution < 1.29 is 22.6 Å². The third-order valence-electron chi connectivity index (χ3n) is 4.51. The van der Waals surface area contributed by atoms with Crippen molar-refractivity contribution in [1.82, 2.24) is 0 Å². The summed E-state index contributed by atoms with van der Waals surface area (Å²) in [6, 6.07) is 13.4. The Bertz CT molecular complexity index is 995. The summed E-state index contributed by atoms with van der Waals surface area (Å²) in [6.07, 6.45) is 1.86. The predicted molar refractivity (Wildman–Crippen MR) is 109 cm³/mol. The monoisotopic (exact) mass is 400 g/mol. The van der Waals surface area contributed by atoms with E-state index in [-0.39, 0.29) is 23.7 Å². The molecule has 0 saturated carbocycles. The Morgan fingerprint density at radius 3 is 2.41 bits per heavy atom. The van der Waals surface area contributed by atoms with E-state index in [0.717, 1.165) is 18.4 Å². The number of benzene rings is 3. The van der Waals surface area contributed by atoms with Gasteiger partial charge in [0.05, 0.1) is 5.56 Å². The molecule has 29 heavy (non-hydrogen) atoms. The summed E-state index contributed by atoms with van der Waals surface area (Å²) in [6.45, 7) is 4.13. The maximum Gasteiger partial charge on any atom is 0.426 e. The molecule has 0 aromatic heterocycles. The quantitative estimate of drug-likeness (QED) is 0.379. The van der Waals surface area contributed by atoms with Crippen molar-refractivity contribution in [2.24, 2.45) is 0 Å². The molecule has 3 aromatic carbocycles. The number of allylic oxidation sites excluding steroid dienone is 1. The average Bonchev–Trinajstić information content (AvgIpc) is 2.69. The molecule has 0 bridgehead atoms. The second-order valence-corrected chi connectivity index (χ2v) is 6.74. The van der Waals surface area contributed by atoms with Gasteiger partial charge in [-0.05, 0) is 66.1 Å². The van der Waals surface area contributed by atoms with Crippen molar-refractivity contribution in [3.05, 3.63) is 83.7 Å². The number of alkyl halides is 2. The van der Waals surface area contributed by atoms with Crippen LogP contribution in [0, 0.1) is 5.82 Å². The second-order valence-electron chi connectivity index (χ2n) is 6.74. The van der Waals surface area contributed by atoms with E-state index in [9.17, 15) is 13.2 Å². The zero-order valence-corrected chi connectivity index (χ0v) is 16.4. The number of rotatable bonds is 8. The van der Waals surface area contributed by atoms with E-state index < -0.39 is 11.9 Å². The van der Waals surface area contributed by atoms with E-state index in [0.29, 0.717) is 10.8 Å². The van der Waals surface area contributed by atoms with Gasteiger partial charge < -0.3 is 9.47 Å². The van der Waals surface area contributed by atoms with E-state index in [4.69, 9.17) is 9.47 Å². The lowest BCUT2D eigenvalue weighted by atomic mass is 10.1. The highest BCUT2D eigenvalue weighted by Crippen LogP contribution is 2.34. The number of halogens is 3. The van der Waals surface area contributed by atoms with Gasteiger partial charge in [0.25, 0.3) is 0 Å². The average molecular weight is 400 g/mol. The van der Waals surface area contributed by atoms with E-state index in [1.54, 1.807) is 36.4 Å². The molecule has 0 atom stereocenters. The van der Waals surface area contributed by atoms with Gasteiger partial charge in [-0.15, -0.1) is 0 Å². The summed E-state index contributed by atoms with van der Waals surface area (Å²) in [4.78, 5) is 0. The Morgan fingerprint density at radius 1 is 0.966 bits per heavy atom. The molecule has 3 rings (SSSR count). The summed E-state index contributed by atoms with van der Waals surface area (Å²) < 4.78 is 53.7. The Kier molecular flexibility index (Phi) is 6.47. The normalized spacial score (nSPS) is 11.9. The fourth-order valence-corrected chi connectivity index (χ4v) is 3.00. The van der Waals surface area contributed by atoms with E-state index in [2.05, 4.69) is 0 Å². The van der Waals surface area contributed by atoms with Crippen molar-refractivity contribution in [3.8, 4) is 11.5 Å². The highest BCUT2D eigenvalue weighted by Gasteiger charge is 2.34. The zero-order valence-electron chi connectivity index (χ0n) is 16.4. The minimum Gasteiger partial charge on any atom is -0.486 e. The van der Waals surface area contributed by atoms with E-state index in [1.807, 2.05) is 13.8 Å². The number of ether oxygens (including phenoxy) is 2. The van der Waals surface area contributed by atoms with Crippen LogP contribution >= 0.6 is 0 Å². The molecule has 0 fully saturated rings.